The first-order valence-electron chi connectivity index (χ1n) is 12.9. The van der Waals surface area contributed by atoms with Crippen LogP contribution in [0.1, 0.15) is 122 Å². The summed E-state index contributed by atoms with van der Waals surface area (Å²) in [7, 11) is 1.66. The SMILES string of the molecule is CCCCCCCCCCCCCCCCCCNC(=O)CC(CC1=CS[C+]=N1)OC. The van der Waals surface area contributed by atoms with E-state index in [-0.39, 0.29) is 12.0 Å². The smallest absolute Gasteiger partial charge is 0.271 e. The number of hydrogen-bond donors (Lipinski definition) is 1. The normalized spacial score (nSPS) is 13.8. The molecule has 0 saturated heterocycles. The molecule has 0 bridgehead atoms. The van der Waals surface area contributed by atoms with Crippen molar-refractivity contribution in [3.05, 3.63) is 11.1 Å². The van der Waals surface area contributed by atoms with Crippen molar-refractivity contribution in [1.29, 1.82) is 0 Å². The van der Waals surface area contributed by atoms with E-state index < -0.39 is 0 Å². The number of ether oxygens (including phenoxy) is 1. The van der Waals surface area contributed by atoms with E-state index in [0.717, 1.165) is 18.7 Å². The van der Waals surface area contributed by atoms with E-state index in [1.54, 1.807) is 7.11 Å². The minimum atomic E-state index is -0.110. The quantitative estimate of drug-likeness (QED) is 0.136. The number of unbranched alkanes of at least 4 members (excludes halogenated alkanes) is 15. The molecule has 1 N–H and O–H groups in total. The summed E-state index contributed by atoms with van der Waals surface area (Å²) in [5, 5.41) is 4.99. The molecule has 5 heteroatoms. The van der Waals surface area contributed by atoms with Crippen molar-refractivity contribution in [2.24, 2.45) is 4.99 Å². The highest BCUT2D eigenvalue weighted by molar-refractivity contribution is 8.14. The van der Waals surface area contributed by atoms with Gasteiger partial charge in [0.05, 0.1) is 18.9 Å². The van der Waals surface area contributed by atoms with Gasteiger partial charge in [-0.1, -0.05) is 103 Å². The van der Waals surface area contributed by atoms with Crippen LogP contribution in [-0.4, -0.2) is 31.2 Å². The highest BCUT2D eigenvalue weighted by Crippen LogP contribution is 2.21. The molecule has 0 spiro atoms. The third-order valence-corrected chi connectivity index (χ3v) is 6.56. The molecule has 0 aromatic heterocycles. The monoisotopic (exact) mass is 451 g/mol. The molecule has 178 valence electrons. The van der Waals surface area contributed by atoms with Crippen molar-refractivity contribution in [2.45, 2.75) is 129 Å². The average molecular weight is 452 g/mol. The summed E-state index contributed by atoms with van der Waals surface area (Å²) >= 11 is 1.45. The number of amides is 1. The van der Waals surface area contributed by atoms with Crippen molar-refractivity contribution >= 4 is 23.2 Å². The molecule has 1 aliphatic heterocycles. The van der Waals surface area contributed by atoms with Gasteiger partial charge in [-0.05, 0) is 6.42 Å². The fourth-order valence-corrected chi connectivity index (χ4v) is 4.46. The van der Waals surface area contributed by atoms with Crippen LogP contribution in [0.15, 0.2) is 16.1 Å². The van der Waals surface area contributed by atoms with Crippen LogP contribution in [0, 0.1) is 0 Å². The number of hydrogen-bond acceptors (Lipinski definition) is 4. The molecule has 1 aliphatic rings. The topological polar surface area (TPSA) is 50.7 Å². The molecule has 1 unspecified atom stereocenters. The maximum Gasteiger partial charge on any atom is 0.271 e. The molecule has 1 amide bonds. The first-order valence-corrected chi connectivity index (χ1v) is 13.7. The molecule has 1 heterocycles. The van der Waals surface area contributed by atoms with E-state index >= 15 is 0 Å². The predicted octanol–water partition coefficient (Wildman–Crippen LogP) is 7.65. The van der Waals surface area contributed by atoms with E-state index in [0.29, 0.717) is 12.8 Å². The lowest BCUT2D eigenvalue weighted by molar-refractivity contribution is -0.123. The highest BCUT2D eigenvalue weighted by Gasteiger charge is 2.21. The third kappa shape index (κ3) is 17.3. The predicted molar refractivity (Wildman–Crippen MR) is 136 cm³/mol. The minimum absolute atomic E-state index is 0.0759. The second-order valence-electron chi connectivity index (χ2n) is 8.85. The van der Waals surface area contributed by atoms with Crippen LogP contribution in [0.3, 0.4) is 0 Å². The number of thioether (sulfide) groups is 1. The number of carbonyl (C=O) groups is 1. The second kappa shape index (κ2) is 21.0. The molecule has 0 aliphatic carbocycles. The van der Waals surface area contributed by atoms with Gasteiger partial charge in [-0.3, -0.25) is 4.79 Å². The zero-order valence-corrected chi connectivity index (χ0v) is 21.1. The molecular formula is C26H47N2O2S+. The Morgan fingerprint density at radius 3 is 1.90 bits per heavy atom. The molecule has 0 aromatic carbocycles. The molecule has 1 rings (SSSR count). The Kier molecular flexibility index (Phi) is 19.0. The van der Waals surface area contributed by atoms with Gasteiger partial charge in [0.1, 0.15) is 17.2 Å². The van der Waals surface area contributed by atoms with Gasteiger partial charge in [-0.2, -0.15) is 0 Å². The molecular weight excluding hydrogens is 404 g/mol. The standard InChI is InChI=1S/C26H46N2O2S/c1-3-4-5-6-7-8-9-10-11-12-13-14-15-16-17-18-19-27-26(29)21-25(30-2)20-24-22-31-23-28-24/h22,25H,3-21H2,1-2H3/p+1. The minimum Gasteiger partial charge on any atom is -0.379 e. The Morgan fingerprint density at radius 2 is 1.45 bits per heavy atom. The van der Waals surface area contributed by atoms with E-state index in [1.807, 2.05) is 5.41 Å². The van der Waals surface area contributed by atoms with Gasteiger partial charge in [0.2, 0.25) is 5.91 Å². The van der Waals surface area contributed by atoms with E-state index in [9.17, 15) is 4.79 Å². The summed E-state index contributed by atoms with van der Waals surface area (Å²) in [6, 6.07) is 0. The fraction of sp³-hybridized carbons (Fsp3) is 0.846. The first-order chi connectivity index (χ1) is 15.3. The van der Waals surface area contributed by atoms with Crippen molar-refractivity contribution in [3.63, 3.8) is 0 Å². The van der Waals surface area contributed by atoms with Crippen LogP contribution >= 0.6 is 11.8 Å². The lowest BCUT2D eigenvalue weighted by Gasteiger charge is -2.12. The van der Waals surface area contributed by atoms with Gasteiger partial charge in [0, 0.05) is 18.6 Å². The lowest BCUT2D eigenvalue weighted by atomic mass is 10.0. The van der Waals surface area contributed by atoms with Gasteiger partial charge in [0.15, 0.2) is 5.70 Å². The van der Waals surface area contributed by atoms with Gasteiger partial charge in [-0.15, -0.1) is 0 Å². The maximum absolute atomic E-state index is 12.1. The number of rotatable bonds is 22. The summed E-state index contributed by atoms with van der Waals surface area (Å²) < 4.78 is 5.42. The average Bonchev–Trinajstić information content (AvgIpc) is 3.28. The molecule has 0 aromatic rings. The van der Waals surface area contributed by atoms with Crippen LogP contribution < -0.4 is 5.32 Å². The van der Waals surface area contributed by atoms with Crippen molar-refractivity contribution in [1.82, 2.24) is 5.32 Å². The number of nitrogens with one attached hydrogen (secondary N) is 1. The second-order valence-corrected chi connectivity index (χ2v) is 9.50. The number of nitrogens with zero attached hydrogens (tertiary/aromatic N) is 1. The molecule has 0 fully saturated rings. The van der Waals surface area contributed by atoms with Crippen molar-refractivity contribution in [2.75, 3.05) is 13.7 Å². The fourth-order valence-electron chi connectivity index (χ4n) is 3.95. The molecule has 1 atom stereocenters. The zero-order valence-electron chi connectivity index (χ0n) is 20.3. The summed E-state index contributed by atoms with van der Waals surface area (Å²) in [6.07, 6.45) is 22.8. The third-order valence-electron chi connectivity index (χ3n) is 5.97. The molecule has 0 radical (unpaired) electrons. The Hall–Kier alpha value is -0.900. The largest absolute Gasteiger partial charge is 0.379 e. The van der Waals surface area contributed by atoms with Gasteiger partial charge >= 0.3 is 0 Å². The lowest BCUT2D eigenvalue weighted by Crippen LogP contribution is -2.29. The number of methoxy groups -OCH3 is 1. The van der Waals surface area contributed by atoms with Crippen LogP contribution in [0.2, 0.25) is 0 Å². The number of aliphatic imine (C=N–C) groups is 1. The van der Waals surface area contributed by atoms with Crippen LogP contribution in [0.4, 0.5) is 0 Å². The van der Waals surface area contributed by atoms with Gasteiger partial charge in [0.25, 0.3) is 5.55 Å². The van der Waals surface area contributed by atoms with Gasteiger partial charge in [-0.25, -0.2) is 0 Å². The summed E-state index contributed by atoms with van der Waals surface area (Å²) in [4.78, 5) is 16.2. The zero-order chi connectivity index (χ0) is 22.4. The summed E-state index contributed by atoms with van der Waals surface area (Å²) in [5.74, 6) is 0.0759. The maximum atomic E-state index is 12.1. The summed E-state index contributed by atoms with van der Waals surface area (Å²) in [5.41, 5.74) is 3.78. The first kappa shape index (κ1) is 28.1. The summed E-state index contributed by atoms with van der Waals surface area (Å²) in [6.45, 7) is 3.06. The van der Waals surface area contributed by atoms with Gasteiger partial charge < -0.3 is 10.1 Å². The van der Waals surface area contributed by atoms with Crippen molar-refractivity contribution in [3.8, 4) is 0 Å². The number of carbonyl (C=O) groups excluding carboxylic acids is 1. The Balaban J connectivity index is 1.80. The van der Waals surface area contributed by atoms with Crippen LogP contribution in [-0.2, 0) is 9.53 Å². The van der Waals surface area contributed by atoms with Crippen molar-refractivity contribution < 1.29 is 9.53 Å². The molecule has 31 heavy (non-hydrogen) atoms. The van der Waals surface area contributed by atoms with Crippen LogP contribution in [0.5, 0.6) is 0 Å². The Morgan fingerprint density at radius 1 is 0.935 bits per heavy atom. The van der Waals surface area contributed by atoms with E-state index in [2.05, 4.69) is 22.8 Å². The van der Waals surface area contributed by atoms with Crippen LogP contribution in [0.25, 0.3) is 0 Å². The van der Waals surface area contributed by atoms with E-state index in [1.165, 1.54) is 108 Å². The molecule has 4 nitrogen and oxygen atoms in total. The highest BCUT2D eigenvalue weighted by atomic mass is 32.2. The van der Waals surface area contributed by atoms with E-state index in [4.69, 9.17) is 4.74 Å². The Labute approximate surface area is 196 Å². The molecule has 0 saturated carbocycles. The Bertz CT molecular complexity index is 494.